The van der Waals surface area contributed by atoms with Crippen molar-refractivity contribution in [2.45, 2.75) is 44.4 Å². The number of nitrogens with zero attached hydrogens (tertiary/aromatic N) is 2. The standard InChI is InChI=1S/C13H15F3N2/c1-3-4-9(2)10-5-7-11(8-6-10)12(17-18-12)13(14,15)16/h5-9H,3-4H2,1-2H3. The molecule has 1 unspecified atom stereocenters. The van der Waals surface area contributed by atoms with Gasteiger partial charge in [-0.05, 0) is 17.9 Å². The Balaban J connectivity index is 2.19. The van der Waals surface area contributed by atoms with Crippen molar-refractivity contribution in [1.29, 1.82) is 0 Å². The van der Waals surface area contributed by atoms with Crippen LogP contribution in [0.4, 0.5) is 13.2 Å². The Morgan fingerprint density at radius 1 is 1.17 bits per heavy atom. The maximum atomic E-state index is 12.8. The lowest BCUT2D eigenvalue weighted by atomic mass is 9.93. The van der Waals surface area contributed by atoms with Crippen LogP contribution >= 0.6 is 0 Å². The van der Waals surface area contributed by atoms with E-state index in [-0.39, 0.29) is 5.56 Å². The zero-order valence-corrected chi connectivity index (χ0v) is 10.3. The molecule has 1 aromatic rings. The molecule has 1 aliphatic heterocycles. The van der Waals surface area contributed by atoms with E-state index in [1.54, 1.807) is 12.1 Å². The van der Waals surface area contributed by atoms with Gasteiger partial charge in [0.05, 0.1) is 0 Å². The number of halogens is 3. The Hall–Kier alpha value is -1.39. The molecule has 18 heavy (non-hydrogen) atoms. The quantitative estimate of drug-likeness (QED) is 0.741. The highest BCUT2D eigenvalue weighted by Crippen LogP contribution is 2.52. The number of rotatable bonds is 4. The summed E-state index contributed by atoms with van der Waals surface area (Å²) in [5.41, 5.74) is -1.14. The van der Waals surface area contributed by atoms with E-state index in [4.69, 9.17) is 0 Å². The number of hydrogen-bond donors (Lipinski definition) is 0. The summed E-state index contributed by atoms with van der Waals surface area (Å²) in [6.45, 7) is 4.16. The van der Waals surface area contributed by atoms with Gasteiger partial charge in [-0.25, -0.2) is 0 Å². The van der Waals surface area contributed by atoms with Gasteiger partial charge in [-0.3, -0.25) is 0 Å². The molecule has 0 aromatic heterocycles. The summed E-state index contributed by atoms with van der Waals surface area (Å²) in [6, 6.07) is 6.45. The molecule has 0 spiro atoms. The largest absolute Gasteiger partial charge is 0.442 e. The van der Waals surface area contributed by atoms with E-state index >= 15 is 0 Å². The molecular weight excluding hydrogens is 241 g/mol. The third kappa shape index (κ3) is 2.13. The SMILES string of the molecule is CCCC(C)c1ccc(C2(C(F)(F)F)N=N2)cc1. The van der Waals surface area contributed by atoms with Crippen LogP contribution in [0, 0.1) is 0 Å². The molecule has 1 heterocycles. The van der Waals surface area contributed by atoms with Crippen LogP contribution < -0.4 is 0 Å². The van der Waals surface area contributed by atoms with Crippen molar-refractivity contribution in [2.24, 2.45) is 10.2 Å². The van der Waals surface area contributed by atoms with Gasteiger partial charge in [0.15, 0.2) is 0 Å². The molecule has 0 bridgehead atoms. The number of alkyl halides is 3. The third-order valence-electron chi connectivity index (χ3n) is 3.30. The lowest BCUT2D eigenvalue weighted by Gasteiger charge is -2.16. The summed E-state index contributed by atoms with van der Waals surface area (Å²) in [7, 11) is 0. The topological polar surface area (TPSA) is 24.7 Å². The van der Waals surface area contributed by atoms with Gasteiger partial charge in [-0.1, -0.05) is 44.5 Å². The average Bonchev–Trinajstić information content (AvgIpc) is 3.10. The van der Waals surface area contributed by atoms with Crippen molar-refractivity contribution in [1.82, 2.24) is 0 Å². The minimum Gasteiger partial charge on any atom is -0.166 e. The Morgan fingerprint density at radius 2 is 1.72 bits per heavy atom. The number of hydrogen-bond acceptors (Lipinski definition) is 2. The Labute approximate surface area is 104 Å². The van der Waals surface area contributed by atoms with Crippen molar-refractivity contribution < 1.29 is 13.2 Å². The molecule has 0 amide bonds. The van der Waals surface area contributed by atoms with Crippen LogP contribution in [0.1, 0.15) is 43.7 Å². The first-order chi connectivity index (χ1) is 8.40. The fourth-order valence-electron chi connectivity index (χ4n) is 2.09. The lowest BCUT2D eigenvalue weighted by Crippen LogP contribution is -2.30. The highest BCUT2D eigenvalue weighted by molar-refractivity contribution is 5.33. The van der Waals surface area contributed by atoms with Crippen molar-refractivity contribution in [2.75, 3.05) is 0 Å². The predicted molar refractivity (Wildman–Crippen MR) is 62.4 cm³/mol. The van der Waals surface area contributed by atoms with Gasteiger partial charge in [0.25, 0.3) is 0 Å². The molecule has 0 aliphatic carbocycles. The van der Waals surface area contributed by atoms with Crippen molar-refractivity contribution in [3.05, 3.63) is 35.4 Å². The molecule has 0 radical (unpaired) electrons. The zero-order valence-electron chi connectivity index (χ0n) is 10.3. The predicted octanol–water partition coefficient (Wildman–Crippen LogP) is 4.77. The smallest absolute Gasteiger partial charge is 0.166 e. The Kier molecular flexibility index (Phi) is 3.17. The molecule has 0 saturated carbocycles. The summed E-state index contributed by atoms with van der Waals surface area (Å²) < 4.78 is 38.3. The molecule has 2 rings (SSSR count). The fraction of sp³-hybridized carbons (Fsp3) is 0.538. The van der Waals surface area contributed by atoms with Gasteiger partial charge in [0.2, 0.25) is 0 Å². The summed E-state index contributed by atoms with van der Waals surface area (Å²) in [6.07, 6.45) is -2.36. The average molecular weight is 256 g/mol. The van der Waals surface area contributed by atoms with E-state index in [1.807, 2.05) is 0 Å². The lowest BCUT2D eigenvalue weighted by molar-refractivity contribution is -0.166. The van der Waals surface area contributed by atoms with Crippen LogP contribution in [0.15, 0.2) is 34.5 Å². The van der Waals surface area contributed by atoms with Crippen LogP contribution in [-0.4, -0.2) is 6.18 Å². The Bertz CT molecular complexity index is 442. The maximum absolute atomic E-state index is 12.8. The highest BCUT2D eigenvalue weighted by Gasteiger charge is 2.65. The second-order valence-electron chi connectivity index (χ2n) is 4.68. The van der Waals surface area contributed by atoms with E-state index in [0.717, 1.165) is 18.4 Å². The summed E-state index contributed by atoms with van der Waals surface area (Å²) in [4.78, 5) is 0. The first-order valence-electron chi connectivity index (χ1n) is 6.02. The van der Waals surface area contributed by atoms with Gasteiger partial charge in [-0.15, -0.1) is 10.2 Å². The van der Waals surface area contributed by atoms with Gasteiger partial charge >= 0.3 is 11.8 Å². The van der Waals surface area contributed by atoms with Crippen molar-refractivity contribution in [3.8, 4) is 0 Å². The molecule has 1 aromatic carbocycles. The first kappa shape index (κ1) is 13.1. The van der Waals surface area contributed by atoms with E-state index < -0.39 is 11.8 Å². The van der Waals surface area contributed by atoms with E-state index in [9.17, 15) is 13.2 Å². The Morgan fingerprint density at radius 3 is 2.11 bits per heavy atom. The molecule has 5 heteroatoms. The van der Waals surface area contributed by atoms with Gasteiger partial charge in [0, 0.05) is 5.56 Å². The van der Waals surface area contributed by atoms with Gasteiger partial charge in [-0.2, -0.15) is 13.2 Å². The molecule has 98 valence electrons. The van der Waals surface area contributed by atoms with E-state index in [1.165, 1.54) is 12.1 Å². The zero-order chi connectivity index (χ0) is 13.4. The summed E-state index contributed by atoms with van der Waals surface area (Å²) >= 11 is 0. The minimum atomic E-state index is -4.44. The second-order valence-corrected chi connectivity index (χ2v) is 4.68. The molecule has 0 saturated heterocycles. The number of benzene rings is 1. The fourth-order valence-corrected chi connectivity index (χ4v) is 2.09. The minimum absolute atomic E-state index is 0.0995. The van der Waals surface area contributed by atoms with Crippen LogP contribution in [0.2, 0.25) is 0 Å². The van der Waals surface area contributed by atoms with E-state index in [0.29, 0.717) is 5.92 Å². The molecular formula is C13H15F3N2. The monoisotopic (exact) mass is 256 g/mol. The first-order valence-corrected chi connectivity index (χ1v) is 6.02. The molecule has 1 aliphatic rings. The van der Waals surface area contributed by atoms with Crippen molar-refractivity contribution in [3.63, 3.8) is 0 Å². The maximum Gasteiger partial charge on any atom is 0.442 e. The summed E-state index contributed by atoms with van der Waals surface area (Å²) in [5, 5.41) is 6.37. The van der Waals surface area contributed by atoms with Crippen LogP contribution in [0.3, 0.4) is 0 Å². The van der Waals surface area contributed by atoms with Crippen molar-refractivity contribution >= 4 is 0 Å². The molecule has 1 atom stereocenters. The van der Waals surface area contributed by atoms with Crippen LogP contribution in [-0.2, 0) is 5.66 Å². The van der Waals surface area contributed by atoms with Crippen LogP contribution in [0.5, 0.6) is 0 Å². The third-order valence-corrected chi connectivity index (χ3v) is 3.30. The summed E-state index contributed by atoms with van der Waals surface area (Å²) in [5.74, 6) is 0.360. The van der Waals surface area contributed by atoms with Crippen LogP contribution in [0.25, 0.3) is 0 Å². The van der Waals surface area contributed by atoms with E-state index in [2.05, 4.69) is 24.1 Å². The van der Waals surface area contributed by atoms with Gasteiger partial charge in [0.1, 0.15) is 0 Å². The van der Waals surface area contributed by atoms with Gasteiger partial charge < -0.3 is 0 Å². The molecule has 2 nitrogen and oxygen atoms in total. The molecule has 0 fully saturated rings. The highest BCUT2D eigenvalue weighted by atomic mass is 19.4. The normalized spacial score (nSPS) is 18.7. The second kappa shape index (κ2) is 4.37. The molecule has 0 N–H and O–H groups in total.